The first-order valence-corrected chi connectivity index (χ1v) is 7.35. The fraction of sp³-hybridized carbons (Fsp3) is 0.375. The van der Waals surface area contributed by atoms with E-state index in [-0.39, 0.29) is 5.41 Å². The summed E-state index contributed by atoms with van der Waals surface area (Å²) in [5, 5.41) is 0. The summed E-state index contributed by atoms with van der Waals surface area (Å²) in [7, 11) is 0. The van der Waals surface area contributed by atoms with Crippen LogP contribution in [0.2, 0.25) is 0 Å². The van der Waals surface area contributed by atoms with E-state index in [1.807, 2.05) is 19.9 Å². The normalized spacial score (nSPS) is 11.5. The first-order valence-electron chi connectivity index (χ1n) is 6.56. The van der Waals surface area contributed by atoms with E-state index in [0.717, 1.165) is 15.9 Å². The number of halogens is 1. The highest BCUT2D eigenvalue weighted by Crippen LogP contribution is 2.30. The standard InChI is InChI=1S/C16H19BrN2O/c1-10-8-12(16(3,4)5)6-7-13(10)20-15-9-14(17)18-11(2)19-15/h6-9H,1-5H3. The summed E-state index contributed by atoms with van der Waals surface area (Å²) in [6.07, 6.45) is 0. The van der Waals surface area contributed by atoms with Gasteiger partial charge in [-0.3, -0.25) is 0 Å². The molecule has 0 bridgehead atoms. The highest BCUT2D eigenvalue weighted by molar-refractivity contribution is 9.10. The Kier molecular flexibility index (Phi) is 4.14. The zero-order chi connectivity index (χ0) is 14.9. The number of aryl methyl sites for hydroxylation is 2. The van der Waals surface area contributed by atoms with Crippen molar-refractivity contribution in [3.63, 3.8) is 0 Å². The Bertz CT molecular complexity index is 613. The average Bonchev–Trinajstić information content (AvgIpc) is 2.29. The molecule has 0 radical (unpaired) electrons. The second kappa shape index (κ2) is 5.52. The van der Waals surface area contributed by atoms with Gasteiger partial charge in [0.05, 0.1) is 0 Å². The summed E-state index contributed by atoms with van der Waals surface area (Å²) < 4.78 is 6.58. The third kappa shape index (κ3) is 3.57. The smallest absolute Gasteiger partial charge is 0.223 e. The largest absolute Gasteiger partial charge is 0.439 e. The van der Waals surface area contributed by atoms with Crippen molar-refractivity contribution in [2.45, 2.75) is 40.0 Å². The first kappa shape index (κ1) is 15.0. The third-order valence-corrected chi connectivity index (χ3v) is 3.44. The number of hydrogen-bond donors (Lipinski definition) is 0. The van der Waals surface area contributed by atoms with Gasteiger partial charge in [-0.1, -0.05) is 32.9 Å². The molecule has 0 aliphatic carbocycles. The van der Waals surface area contributed by atoms with Gasteiger partial charge in [0.15, 0.2) is 0 Å². The fourth-order valence-corrected chi connectivity index (χ4v) is 2.35. The first-order chi connectivity index (χ1) is 9.25. The molecule has 20 heavy (non-hydrogen) atoms. The maximum Gasteiger partial charge on any atom is 0.223 e. The van der Waals surface area contributed by atoms with Crippen LogP contribution in [-0.4, -0.2) is 9.97 Å². The van der Waals surface area contributed by atoms with Crippen molar-refractivity contribution in [1.82, 2.24) is 9.97 Å². The molecule has 1 heterocycles. The van der Waals surface area contributed by atoms with Crippen molar-refractivity contribution in [2.75, 3.05) is 0 Å². The molecule has 0 aliphatic rings. The van der Waals surface area contributed by atoms with Crippen molar-refractivity contribution in [2.24, 2.45) is 0 Å². The molecular weight excluding hydrogens is 316 g/mol. The lowest BCUT2D eigenvalue weighted by atomic mass is 9.86. The van der Waals surface area contributed by atoms with Gasteiger partial charge in [-0.15, -0.1) is 0 Å². The predicted molar refractivity (Wildman–Crippen MR) is 84.4 cm³/mol. The van der Waals surface area contributed by atoms with Crippen LogP contribution in [0.25, 0.3) is 0 Å². The van der Waals surface area contributed by atoms with Crippen LogP contribution < -0.4 is 4.74 Å². The van der Waals surface area contributed by atoms with Crippen molar-refractivity contribution >= 4 is 15.9 Å². The van der Waals surface area contributed by atoms with E-state index in [2.05, 4.69) is 58.8 Å². The molecular formula is C16H19BrN2O. The van der Waals surface area contributed by atoms with Gasteiger partial charge in [0.2, 0.25) is 5.88 Å². The lowest BCUT2D eigenvalue weighted by molar-refractivity contribution is 0.454. The summed E-state index contributed by atoms with van der Waals surface area (Å²) in [5.41, 5.74) is 2.53. The number of rotatable bonds is 2. The van der Waals surface area contributed by atoms with Crippen molar-refractivity contribution < 1.29 is 4.74 Å². The van der Waals surface area contributed by atoms with Gasteiger partial charge >= 0.3 is 0 Å². The number of hydrogen-bond acceptors (Lipinski definition) is 3. The van der Waals surface area contributed by atoms with Gasteiger partial charge in [-0.2, -0.15) is 4.98 Å². The lowest BCUT2D eigenvalue weighted by Gasteiger charge is -2.20. The molecule has 0 saturated carbocycles. The van der Waals surface area contributed by atoms with Gasteiger partial charge in [0.25, 0.3) is 0 Å². The fourth-order valence-electron chi connectivity index (χ4n) is 1.90. The van der Waals surface area contributed by atoms with Crippen LogP contribution in [-0.2, 0) is 5.41 Å². The summed E-state index contributed by atoms with van der Waals surface area (Å²) in [4.78, 5) is 8.45. The Morgan fingerprint density at radius 2 is 1.75 bits per heavy atom. The minimum Gasteiger partial charge on any atom is -0.439 e. The minimum absolute atomic E-state index is 0.137. The lowest BCUT2D eigenvalue weighted by Crippen LogP contribution is -2.11. The molecule has 106 valence electrons. The van der Waals surface area contributed by atoms with Crippen LogP contribution in [0, 0.1) is 13.8 Å². The highest BCUT2D eigenvalue weighted by atomic mass is 79.9. The zero-order valence-corrected chi connectivity index (χ0v) is 14.1. The molecule has 0 amide bonds. The second-order valence-electron chi connectivity index (χ2n) is 5.91. The molecule has 0 unspecified atom stereocenters. The van der Waals surface area contributed by atoms with Crippen LogP contribution in [0.5, 0.6) is 11.6 Å². The molecule has 2 rings (SSSR count). The van der Waals surface area contributed by atoms with Gasteiger partial charge in [0, 0.05) is 6.07 Å². The summed E-state index contributed by atoms with van der Waals surface area (Å²) >= 11 is 3.35. The molecule has 0 aliphatic heterocycles. The summed E-state index contributed by atoms with van der Waals surface area (Å²) in [6.45, 7) is 10.5. The number of benzene rings is 1. The highest BCUT2D eigenvalue weighted by Gasteiger charge is 2.15. The monoisotopic (exact) mass is 334 g/mol. The summed E-state index contributed by atoms with van der Waals surface area (Å²) in [5.74, 6) is 2.05. The molecule has 4 heteroatoms. The molecule has 0 fully saturated rings. The van der Waals surface area contributed by atoms with Gasteiger partial charge in [0.1, 0.15) is 16.2 Å². The Morgan fingerprint density at radius 3 is 2.30 bits per heavy atom. The predicted octanol–water partition coefficient (Wildman–Crippen LogP) is 4.95. The van der Waals surface area contributed by atoms with Crippen molar-refractivity contribution in [3.8, 4) is 11.6 Å². The van der Waals surface area contributed by atoms with Crippen molar-refractivity contribution in [3.05, 3.63) is 45.8 Å². The molecule has 0 saturated heterocycles. The zero-order valence-electron chi connectivity index (χ0n) is 12.5. The quantitative estimate of drug-likeness (QED) is 0.729. The Morgan fingerprint density at radius 1 is 1.05 bits per heavy atom. The van der Waals surface area contributed by atoms with Gasteiger partial charge < -0.3 is 4.74 Å². The van der Waals surface area contributed by atoms with Crippen LogP contribution in [0.1, 0.15) is 37.7 Å². The van der Waals surface area contributed by atoms with E-state index in [9.17, 15) is 0 Å². The Labute approximate surface area is 128 Å². The third-order valence-electron chi connectivity index (χ3n) is 3.04. The Hall–Kier alpha value is -1.42. The molecule has 0 N–H and O–H groups in total. The summed E-state index contributed by atoms with van der Waals surface area (Å²) in [6, 6.07) is 8.04. The molecule has 1 aromatic carbocycles. The van der Waals surface area contributed by atoms with E-state index in [1.165, 1.54) is 5.56 Å². The van der Waals surface area contributed by atoms with E-state index >= 15 is 0 Å². The van der Waals surface area contributed by atoms with Crippen LogP contribution in [0.4, 0.5) is 0 Å². The molecule has 3 nitrogen and oxygen atoms in total. The molecule has 0 atom stereocenters. The van der Waals surface area contributed by atoms with E-state index in [4.69, 9.17) is 4.74 Å². The maximum absolute atomic E-state index is 5.86. The average molecular weight is 335 g/mol. The number of nitrogens with zero attached hydrogens (tertiary/aromatic N) is 2. The van der Waals surface area contributed by atoms with E-state index in [0.29, 0.717) is 11.7 Å². The van der Waals surface area contributed by atoms with Gasteiger partial charge in [-0.05, 0) is 52.4 Å². The Balaban J connectivity index is 2.30. The SMILES string of the molecule is Cc1nc(Br)cc(Oc2ccc(C(C)(C)C)cc2C)n1. The van der Waals surface area contributed by atoms with Crippen LogP contribution in [0.15, 0.2) is 28.9 Å². The minimum atomic E-state index is 0.137. The number of aromatic nitrogens is 2. The van der Waals surface area contributed by atoms with Crippen molar-refractivity contribution in [1.29, 1.82) is 0 Å². The van der Waals surface area contributed by atoms with Crippen LogP contribution >= 0.6 is 15.9 Å². The molecule has 1 aromatic heterocycles. The number of ether oxygens (including phenoxy) is 1. The molecule has 0 spiro atoms. The second-order valence-corrected chi connectivity index (χ2v) is 6.72. The molecule has 2 aromatic rings. The maximum atomic E-state index is 5.86. The van der Waals surface area contributed by atoms with Crippen LogP contribution in [0.3, 0.4) is 0 Å². The topological polar surface area (TPSA) is 35.0 Å². The van der Waals surface area contributed by atoms with Gasteiger partial charge in [-0.25, -0.2) is 4.98 Å². The van der Waals surface area contributed by atoms with E-state index in [1.54, 1.807) is 6.07 Å². The van der Waals surface area contributed by atoms with E-state index < -0.39 is 0 Å².